The van der Waals surface area contributed by atoms with Crippen molar-refractivity contribution >= 4 is 0 Å². The van der Waals surface area contributed by atoms with Gasteiger partial charge in [0.2, 0.25) is 0 Å². The first kappa shape index (κ1) is 10.7. The van der Waals surface area contributed by atoms with Crippen LogP contribution in [-0.2, 0) is 0 Å². The Labute approximate surface area is 53.6 Å². The van der Waals surface area contributed by atoms with Crippen LogP contribution in [0.2, 0.25) is 0 Å². The summed E-state index contributed by atoms with van der Waals surface area (Å²) in [6.45, 7) is 8.66. The maximum atomic E-state index is 2.18. The van der Waals surface area contributed by atoms with Crippen molar-refractivity contribution in [2.24, 2.45) is 0 Å². The molecule has 0 rings (SSSR count). The second kappa shape index (κ2) is 4.89. The lowest BCUT2D eigenvalue weighted by Gasteiger charge is -1.94. The SMILES string of the molecule is C.CCC(C)=C(C)C. The molecule has 0 aliphatic carbocycles. The van der Waals surface area contributed by atoms with E-state index in [0.717, 1.165) is 0 Å². The molecule has 50 valence electrons. The Hall–Kier alpha value is -0.260. The molecule has 0 aromatic rings. The van der Waals surface area contributed by atoms with E-state index in [1.807, 2.05) is 0 Å². The summed E-state index contributed by atoms with van der Waals surface area (Å²) in [5.41, 5.74) is 2.97. The first-order chi connectivity index (χ1) is 3.18. The molecule has 0 aromatic heterocycles. The molecule has 0 heterocycles. The molecule has 0 bridgehead atoms. The average molecular weight is 114 g/mol. The smallest absolute Gasteiger partial charge is 0.0349 e. The monoisotopic (exact) mass is 114 g/mol. The fraction of sp³-hybridized carbons (Fsp3) is 0.750. The molecular weight excluding hydrogens is 96.1 g/mol. The highest BCUT2D eigenvalue weighted by molar-refractivity contribution is 5.05. The fourth-order valence-electron chi connectivity index (χ4n) is 0.354. The molecule has 0 radical (unpaired) electrons. The lowest BCUT2D eigenvalue weighted by atomic mass is 10.1. The minimum Gasteiger partial charge on any atom is -0.0776 e. The molecule has 0 heteroatoms. The molecule has 0 aliphatic rings. The topological polar surface area (TPSA) is 0 Å². The Morgan fingerprint density at radius 3 is 1.50 bits per heavy atom. The van der Waals surface area contributed by atoms with E-state index < -0.39 is 0 Å². The lowest BCUT2D eigenvalue weighted by Crippen LogP contribution is -1.73. The maximum Gasteiger partial charge on any atom is -0.0349 e. The van der Waals surface area contributed by atoms with Gasteiger partial charge in [-0.25, -0.2) is 0 Å². The van der Waals surface area contributed by atoms with Crippen LogP contribution in [0.4, 0.5) is 0 Å². The molecular formula is C8H18. The van der Waals surface area contributed by atoms with Crippen LogP contribution in [0.15, 0.2) is 11.1 Å². The van der Waals surface area contributed by atoms with Crippen molar-refractivity contribution in [3.8, 4) is 0 Å². The Bertz CT molecular complexity index is 74.0. The summed E-state index contributed by atoms with van der Waals surface area (Å²) in [7, 11) is 0. The summed E-state index contributed by atoms with van der Waals surface area (Å²) in [5, 5.41) is 0. The van der Waals surface area contributed by atoms with Crippen molar-refractivity contribution in [2.45, 2.75) is 41.5 Å². The van der Waals surface area contributed by atoms with Gasteiger partial charge in [-0.05, 0) is 27.2 Å². The third-order valence-electron chi connectivity index (χ3n) is 1.38. The standard InChI is InChI=1S/C7H14.CH4/c1-5-7(4)6(2)3;/h5H2,1-4H3;1H4. The van der Waals surface area contributed by atoms with Gasteiger partial charge in [-0.3, -0.25) is 0 Å². The van der Waals surface area contributed by atoms with E-state index in [0.29, 0.717) is 0 Å². The van der Waals surface area contributed by atoms with Crippen molar-refractivity contribution in [3.05, 3.63) is 11.1 Å². The van der Waals surface area contributed by atoms with E-state index in [4.69, 9.17) is 0 Å². The quantitative estimate of drug-likeness (QED) is 0.458. The van der Waals surface area contributed by atoms with Gasteiger partial charge in [-0.15, -0.1) is 0 Å². The molecule has 8 heavy (non-hydrogen) atoms. The van der Waals surface area contributed by atoms with E-state index >= 15 is 0 Å². The highest BCUT2D eigenvalue weighted by Crippen LogP contribution is 2.04. The minimum absolute atomic E-state index is 0. The van der Waals surface area contributed by atoms with E-state index in [1.165, 1.54) is 17.6 Å². The summed E-state index contributed by atoms with van der Waals surface area (Å²) >= 11 is 0. The van der Waals surface area contributed by atoms with Gasteiger partial charge in [0.15, 0.2) is 0 Å². The largest absolute Gasteiger partial charge is 0.0776 e. The fourth-order valence-corrected chi connectivity index (χ4v) is 0.354. The van der Waals surface area contributed by atoms with Crippen molar-refractivity contribution in [1.82, 2.24) is 0 Å². The Morgan fingerprint density at radius 1 is 1.12 bits per heavy atom. The Balaban J connectivity index is 0. The summed E-state index contributed by atoms with van der Waals surface area (Å²) in [6, 6.07) is 0. The normalized spacial score (nSPS) is 7.50. The summed E-state index contributed by atoms with van der Waals surface area (Å²) in [4.78, 5) is 0. The zero-order valence-corrected chi connectivity index (χ0v) is 5.71. The van der Waals surface area contributed by atoms with Crippen LogP contribution in [-0.4, -0.2) is 0 Å². The molecule has 0 saturated carbocycles. The van der Waals surface area contributed by atoms with Gasteiger partial charge in [0.05, 0.1) is 0 Å². The van der Waals surface area contributed by atoms with Gasteiger partial charge in [0.1, 0.15) is 0 Å². The van der Waals surface area contributed by atoms with Crippen molar-refractivity contribution < 1.29 is 0 Å². The van der Waals surface area contributed by atoms with E-state index in [-0.39, 0.29) is 7.43 Å². The third kappa shape index (κ3) is 3.91. The summed E-state index contributed by atoms with van der Waals surface area (Å²) in [6.07, 6.45) is 1.20. The van der Waals surface area contributed by atoms with Gasteiger partial charge < -0.3 is 0 Å². The molecule has 0 amide bonds. The summed E-state index contributed by atoms with van der Waals surface area (Å²) < 4.78 is 0. The first-order valence-electron chi connectivity index (χ1n) is 2.81. The number of rotatable bonds is 1. The van der Waals surface area contributed by atoms with Gasteiger partial charge in [0.25, 0.3) is 0 Å². The van der Waals surface area contributed by atoms with Crippen molar-refractivity contribution in [3.63, 3.8) is 0 Å². The molecule has 0 aromatic carbocycles. The second-order valence-electron chi connectivity index (χ2n) is 2.13. The molecule has 0 aliphatic heterocycles. The highest BCUT2D eigenvalue weighted by Gasteiger charge is 1.82. The highest BCUT2D eigenvalue weighted by atomic mass is 13.9. The second-order valence-corrected chi connectivity index (χ2v) is 2.13. The molecule has 0 unspecified atom stereocenters. The van der Waals surface area contributed by atoms with Gasteiger partial charge >= 0.3 is 0 Å². The molecule has 0 N–H and O–H groups in total. The molecule has 0 nitrogen and oxygen atoms in total. The zero-order valence-electron chi connectivity index (χ0n) is 5.71. The van der Waals surface area contributed by atoms with Crippen LogP contribution in [0.5, 0.6) is 0 Å². The van der Waals surface area contributed by atoms with Crippen molar-refractivity contribution in [1.29, 1.82) is 0 Å². The van der Waals surface area contributed by atoms with Crippen LogP contribution in [0.3, 0.4) is 0 Å². The lowest BCUT2D eigenvalue weighted by molar-refractivity contribution is 1.05. The third-order valence-corrected chi connectivity index (χ3v) is 1.38. The van der Waals surface area contributed by atoms with Gasteiger partial charge in [-0.1, -0.05) is 25.5 Å². The molecule has 0 fully saturated rings. The van der Waals surface area contributed by atoms with Crippen LogP contribution in [0.1, 0.15) is 41.5 Å². The zero-order chi connectivity index (χ0) is 5.86. The van der Waals surface area contributed by atoms with Gasteiger partial charge in [0, 0.05) is 0 Å². The van der Waals surface area contributed by atoms with Crippen LogP contribution >= 0.6 is 0 Å². The molecule has 0 spiro atoms. The number of allylic oxidation sites excluding steroid dienone is 2. The van der Waals surface area contributed by atoms with E-state index in [1.54, 1.807) is 0 Å². The average Bonchev–Trinajstić information content (AvgIpc) is 1.65. The van der Waals surface area contributed by atoms with Crippen LogP contribution in [0, 0.1) is 0 Å². The van der Waals surface area contributed by atoms with E-state index in [9.17, 15) is 0 Å². The number of hydrogen-bond acceptors (Lipinski definition) is 0. The molecule has 0 atom stereocenters. The Morgan fingerprint density at radius 2 is 1.50 bits per heavy atom. The predicted molar refractivity (Wildman–Crippen MR) is 41.1 cm³/mol. The Kier molecular flexibility index (Phi) is 6.52. The van der Waals surface area contributed by atoms with Crippen LogP contribution < -0.4 is 0 Å². The number of hydrogen-bond donors (Lipinski definition) is 0. The van der Waals surface area contributed by atoms with Crippen LogP contribution in [0.25, 0.3) is 0 Å². The van der Waals surface area contributed by atoms with E-state index in [2.05, 4.69) is 27.7 Å². The summed E-state index contributed by atoms with van der Waals surface area (Å²) in [5.74, 6) is 0. The van der Waals surface area contributed by atoms with Crippen molar-refractivity contribution in [2.75, 3.05) is 0 Å². The predicted octanol–water partition coefficient (Wildman–Crippen LogP) is 3.39. The first-order valence-corrected chi connectivity index (χ1v) is 2.81. The minimum atomic E-state index is 0. The maximum absolute atomic E-state index is 2.18. The van der Waals surface area contributed by atoms with Gasteiger partial charge in [-0.2, -0.15) is 0 Å². The molecule has 0 saturated heterocycles.